The number of benzene rings is 2. The molecule has 1 aromatic heterocycles. The molecule has 3 rings (SSSR count). The molecule has 1 heterocycles. The van der Waals surface area contributed by atoms with Gasteiger partial charge >= 0.3 is 5.97 Å². The Balaban J connectivity index is 1.69. The van der Waals surface area contributed by atoms with Crippen LogP contribution in [0.15, 0.2) is 65.5 Å². The molecule has 0 spiro atoms. The lowest BCUT2D eigenvalue weighted by molar-refractivity contribution is -0.136. The summed E-state index contributed by atoms with van der Waals surface area (Å²) >= 11 is 0. The Bertz CT molecular complexity index is 1040. The quantitative estimate of drug-likeness (QED) is 0.578. The van der Waals surface area contributed by atoms with Gasteiger partial charge in [-0.2, -0.15) is 0 Å². The van der Waals surface area contributed by atoms with Gasteiger partial charge in [0, 0.05) is 24.0 Å². The molecule has 156 valence electrons. The fraction of sp³-hybridized carbons (Fsp3) is 0.292. The normalized spacial score (nSPS) is 10.9. The highest BCUT2D eigenvalue weighted by Gasteiger charge is 2.13. The molecule has 0 saturated carbocycles. The minimum Gasteiger partial charge on any atom is -0.492 e. The Labute approximate surface area is 175 Å². The van der Waals surface area contributed by atoms with Crippen molar-refractivity contribution in [2.24, 2.45) is 0 Å². The van der Waals surface area contributed by atoms with Crippen molar-refractivity contribution in [3.05, 3.63) is 82.4 Å². The molecule has 0 aliphatic heterocycles. The minimum atomic E-state index is -0.811. The maximum absolute atomic E-state index is 12.8. The lowest BCUT2D eigenvalue weighted by Crippen LogP contribution is -2.28. The smallest absolute Gasteiger partial charge is 0.303 e. The van der Waals surface area contributed by atoms with Crippen molar-refractivity contribution in [2.75, 3.05) is 6.61 Å². The standard InChI is InChI=1S/C24H26N2O4/c1-17(2)24-25-21(19-6-4-3-5-7-19)16-22(27)26(24)14-15-30-20-11-8-18(9-12-20)10-13-23(28)29/h3-9,11-12,16-17H,10,13-15H2,1-2H3,(H,28,29). The molecule has 30 heavy (non-hydrogen) atoms. The van der Waals surface area contributed by atoms with Gasteiger partial charge in [0.05, 0.1) is 12.2 Å². The first-order valence-electron chi connectivity index (χ1n) is 10.0. The Morgan fingerprint density at radius 3 is 2.43 bits per heavy atom. The second-order valence-corrected chi connectivity index (χ2v) is 7.40. The van der Waals surface area contributed by atoms with E-state index >= 15 is 0 Å². The summed E-state index contributed by atoms with van der Waals surface area (Å²) in [5.41, 5.74) is 2.45. The summed E-state index contributed by atoms with van der Waals surface area (Å²) in [5, 5.41) is 8.76. The zero-order valence-corrected chi connectivity index (χ0v) is 17.2. The number of aromatic nitrogens is 2. The van der Waals surface area contributed by atoms with Crippen molar-refractivity contribution < 1.29 is 14.6 Å². The Morgan fingerprint density at radius 1 is 1.10 bits per heavy atom. The molecular formula is C24H26N2O4. The van der Waals surface area contributed by atoms with Crippen molar-refractivity contribution >= 4 is 5.97 Å². The number of aryl methyl sites for hydroxylation is 1. The monoisotopic (exact) mass is 406 g/mol. The molecule has 0 aliphatic rings. The predicted octanol–water partition coefficient (Wildman–Crippen LogP) is 4.13. The summed E-state index contributed by atoms with van der Waals surface area (Å²) in [4.78, 5) is 28.2. The van der Waals surface area contributed by atoms with Crippen LogP contribution in [0.5, 0.6) is 5.75 Å². The van der Waals surface area contributed by atoms with Crippen LogP contribution >= 0.6 is 0 Å². The lowest BCUT2D eigenvalue weighted by Gasteiger charge is -2.16. The fourth-order valence-corrected chi connectivity index (χ4v) is 3.20. The number of hydrogen-bond donors (Lipinski definition) is 1. The van der Waals surface area contributed by atoms with Gasteiger partial charge in [-0.25, -0.2) is 4.98 Å². The third-order valence-corrected chi connectivity index (χ3v) is 4.76. The van der Waals surface area contributed by atoms with Crippen molar-refractivity contribution in [3.8, 4) is 17.0 Å². The number of hydrogen-bond acceptors (Lipinski definition) is 4. The van der Waals surface area contributed by atoms with Crippen LogP contribution in [0.2, 0.25) is 0 Å². The van der Waals surface area contributed by atoms with Gasteiger partial charge < -0.3 is 9.84 Å². The summed E-state index contributed by atoms with van der Waals surface area (Å²) in [6.45, 7) is 4.77. The largest absolute Gasteiger partial charge is 0.492 e. The van der Waals surface area contributed by atoms with Gasteiger partial charge in [0.2, 0.25) is 0 Å². The summed E-state index contributed by atoms with van der Waals surface area (Å²) in [7, 11) is 0. The molecule has 0 bridgehead atoms. The maximum atomic E-state index is 12.8. The first-order chi connectivity index (χ1) is 14.4. The number of nitrogens with zero attached hydrogens (tertiary/aromatic N) is 2. The number of rotatable bonds is 9. The zero-order valence-electron chi connectivity index (χ0n) is 17.2. The lowest BCUT2D eigenvalue weighted by atomic mass is 10.1. The van der Waals surface area contributed by atoms with Crippen LogP contribution < -0.4 is 10.3 Å². The van der Waals surface area contributed by atoms with E-state index in [1.165, 1.54) is 0 Å². The van der Waals surface area contributed by atoms with Gasteiger partial charge in [0.15, 0.2) is 0 Å². The van der Waals surface area contributed by atoms with Gasteiger partial charge in [-0.05, 0) is 24.1 Å². The zero-order chi connectivity index (χ0) is 21.5. The molecule has 0 fully saturated rings. The second kappa shape index (κ2) is 9.87. The first kappa shape index (κ1) is 21.3. The van der Waals surface area contributed by atoms with Crippen LogP contribution in [0.25, 0.3) is 11.3 Å². The van der Waals surface area contributed by atoms with Crippen LogP contribution in [-0.4, -0.2) is 27.2 Å². The summed E-state index contributed by atoms with van der Waals surface area (Å²) in [5.74, 6) is 0.694. The van der Waals surface area contributed by atoms with E-state index in [0.29, 0.717) is 31.0 Å². The molecule has 0 radical (unpaired) electrons. The molecule has 0 unspecified atom stereocenters. The highest BCUT2D eigenvalue weighted by atomic mass is 16.5. The molecule has 2 aromatic carbocycles. The third-order valence-electron chi connectivity index (χ3n) is 4.76. The molecule has 0 amide bonds. The first-order valence-corrected chi connectivity index (χ1v) is 10.0. The van der Waals surface area contributed by atoms with Gasteiger partial charge in [-0.1, -0.05) is 56.3 Å². The van der Waals surface area contributed by atoms with Crippen molar-refractivity contribution in [1.29, 1.82) is 0 Å². The SMILES string of the molecule is CC(C)c1nc(-c2ccccc2)cc(=O)n1CCOc1ccc(CCC(=O)O)cc1. The van der Waals surface area contributed by atoms with Crippen LogP contribution in [0.1, 0.15) is 37.6 Å². The average molecular weight is 406 g/mol. The van der Waals surface area contributed by atoms with Crippen molar-refractivity contribution in [3.63, 3.8) is 0 Å². The number of aliphatic carboxylic acids is 1. The number of carboxylic acids is 1. The van der Waals surface area contributed by atoms with E-state index in [1.54, 1.807) is 10.6 Å². The van der Waals surface area contributed by atoms with E-state index in [2.05, 4.69) is 0 Å². The van der Waals surface area contributed by atoms with E-state index in [4.69, 9.17) is 14.8 Å². The maximum Gasteiger partial charge on any atom is 0.303 e. The number of carboxylic acid groups (broad SMARTS) is 1. The van der Waals surface area contributed by atoms with E-state index < -0.39 is 5.97 Å². The summed E-state index contributed by atoms with van der Waals surface area (Å²) < 4.78 is 7.46. The van der Waals surface area contributed by atoms with E-state index in [-0.39, 0.29) is 17.9 Å². The molecule has 0 atom stereocenters. The van der Waals surface area contributed by atoms with Gasteiger partial charge in [-0.3, -0.25) is 14.2 Å². The van der Waals surface area contributed by atoms with Crippen molar-refractivity contribution in [2.45, 2.75) is 39.2 Å². The Hall–Kier alpha value is -3.41. The Kier molecular flexibility index (Phi) is 7.01. The molecule has 0 saturated heterocycles. The van der Waals surface area contributed by atoms with Crippen LogP contribution in [0.3, 0.4) is 0 Å². The number of ether oxygens (including phenoxy) is 1. The summed E-state index contributed by atoms with van der Waals surface area (Å²) in [6, 6.07) is 18.6. The highest BCUT2D eigenvalue weighted by molar-refractivity contribution is 5.67. The van der Waals surface area contributed by atoms with Crippen LogP contribution in [0.4, 0.5) is 0 Å². The minimum absolute atomic E-state index is 0.0925. The van der Waals surface area contributed by atoms with Gasteiger partial charge in [0.1, 0.15) is 18.2 Å². The molecular weight excluding hydrogens is 380 g/mol. The Morgan fingerprint density at radius 2 is 1.80 bits per heavy atom. The molecule has 0 aliphatic carbocycles. The van der Waals surface area contributed by atoms with E-state index in [1.807, 2.05) is 68.4 Å². The fourth-order valence-electron chi connectivity index (χ4n) is 3.20. The number of carbonyl (C=O) groups is 1. The van der Waals surface area contributed by atoms with E-state index in [0.717, 1.165) is 17.0 Å². The molecule has 1 N–H and O–H groups in total. The van der Waals surface area contributed by atoms with Crippen LogP contribution in [0, 0.1) is 0 Å². The predicted molar refractivity (Wildman–Crippen MR) is 116 cm³/mol. The second-order valence-electron chi connectivity index (χ2n) is 7.40. The molecule has 6 nitrogen and oxygen atoms in total. The average Bonchev–Trinajstić information content (AvgIpc) is 2.74. The van der Waals surface area contributed by atoms with Gasteiger partial charge in [0.25, 0.3) is 5.56 Å². The van der Waals surface area contributed by atoms with E-state index in [9.17, 15) is 9.59 Å². The highest BCUT2D eigenvalue weighted by Crippen LogP contribution is 2.19. The van der Waals surface area contributed by atoms with Crippen LogP contribution in [-0.2, 0) is 17.8 Å². The molecule has 6 heteroatoms. The third kappa shape index (κ3) is 5.56. The summed E-state index contributed by atoms with van der Waals surface area (Å²) in [6.07, 6.45) is 0.593. The molecule has 3 aromatic rings. The topological polar surface area (TPSA) is 81.4 Å². The van der Waals surface area contributed by atoms with Crippen molar-refractivity contribution in [1.82, 2.24) is 9.55 Å². The van der Waals surface area contributed by atoms with Gasteiger partial charge in [-0.15, -0.1) is 0 Å².